The van der Waals surface area contributed by atoms with Crippen molar-refractivity contribution in [2.24, 2.45) is 5.10 Å². The normalized spacial score (nSPS) is 10.9. The highest BCUT2D eigenvalue weighted by atomic mass is 35.5. The summed E-state index contributed by atoms with van der Waals surface area (Å²) >= 11 is 7.62. The standard InChI is InChI=1S/C25H22ClN5O5S/c1-3-35-22(32)12-17-15-37-25(29-17)30-27-13-16-9-10-19(20(11-16)34-2)36-21-14-28-31(24(33)23(21)26)18-7-5-4-6-8-18/h4-11,13-15H,3,12H2,1-2H3,(H,29,30). The molecule has 190 valence electrons. The van der Waals surface area contributed by atoms with Crippen molar-refractivity contribution >= 4 is 40.3 Å². The molecule has 0 fully saturated rings. The third-order valence-electron chi connectivity index (χ3n) is 4.85. The van der Waals surface area contributed by atoms with Crippen molar-refractivity contribution in [2.45, 2.75) is 13.3 Å². The summed E-state index contributed by atoms with van der Waals surface area (Å²) in [6, 6.07) is 14.1. The third-order valence-corrected chi connectivity index (χ3v) is 6.00. The van der Waals surface area contributed by atoms with E-state index in [9.17, 15) is 9.59 Å². The minimum absolute atomic E-state index is 0.0997. The van der Waals surface area contributed by atoms with E-state index < -0.39 is 5.56 Å². The number of thiazole rings is 1. The van der Waals surface area contributed by atoms with Gasteiger partial charge in [0.2, 0.25) is 5.13 Å². The van der Waals surface area contributed by atoms with Crippen LogP contribution in [-0.2, 0) is 16.0 Å². The molecular weight excluding hydrogens is 518 g/mol. The Morgan fingerprint density at radius 1 is 1.19 bits per heavy atom. The van der Waals surface area contributed by atoms with Crippen LogP contribution in [-0.4, -0.2) is 40.7 Å². The van der Waals surface area contributed by atoms with Gasteiger partial charge in [0.15, 0.2) is 22.3 Å². The summed E-state index contributed by atoms with van der Waals surface area (Å²) in [4.78, 5) is 28.6. The molecule has 12 heteroatoms. The van der Waals surface area contributed by atoms with E-state index in [2.05, 4.69) is 20.6 Å². The van der Waals surface area contributed by atoms with E-state index in [4.69, 9.17) is 25.8 Å². The highest BCUT2D eigenvalue weighted by Gasteiger charge is 2.15. The third kappa shape index (κ3) is 6.51. The zero-order chi connectivity index (χ0) is 26.2. The molecular formula is C25H22ClN5O5S. The van der Waals surface area contributed by atoms with Crippen LogP contribution in [0.2, 0.25) is 5.02 Å². The number of hydrogen-bond donors (Lipinski definition) is 1. The van der Waals surface area contributed by atoms with Gasteiger partial charge in [-0.2, -0.15) is 14.9 Å². The minimum atomic E-state index is -0.508. The SMILES string of the molecule is CCOC(=O)Cc1csc(NN=Cc2ccc(Oc3cnn(-c4ccccc4)c(=O)c3Cl)c(OC)c2)n1. The first-order chi connectivity index (χ1) is 18.0. The number of hydrogen-bond acceptors (Lipinski definition) is 10. The maximum atomic E-state index is 12.7. The van der Waals surface area contributed by atoms with Gasteiger partial charge < -0.3 is 14.2 Å². The fourth-order valence-electron chi connectivity index (χ4n) is 3.17. The van der Waals surface area contributed by atoms with Crippen LogP contribution >= 0.6 is 22.9 Å². The molecule has 0 aliphatic carbocycles. The van der Waals surface area contributed by atoms with E-state index in [0.29, 0.717) is 40.2 Å². The summed E-state index contributed by atoms with van der Waals surface area (Å²) in [5.41, 5.74) is 4.23. The topological polar surface area (TPSA) is 117 Å². The molecule has 37 heavy (non-hydrogen) atoms. The van der Waals surface area contributed by atoms with Gasteiger partial charge >= 0.3 is 5.97 Å². The summed E-state index contributed by atoms with van der Waals surface area (Å²) in [6.45, 7) is 2.08. The summed E-state index contributed by atoms with van der Waals surface area (Å²) in [5, 5.41) is 10.5. The molecule has 2 aromatic heterocycles. The predicted octanol–water partition coefficient (Wildman–Crippen LogP) is 4.69. The van der Waals surface area contributed by atoms with Gasteiger partial charge in [-0.15, -0.1) is 11.3 Å². The van der Waals surface area contributed by atoms with Crippen LogP contribution in [0.25, 0.3) is 5.69 Å². The van der Waals surface area contributed by atoms with Crippen LogP contribution < -0.4 is 20.5 Å². The molecule has 4 aromatic rings. The Balaban J connectivity index is 1.44. The van der Waals surface area contributed by atoms with E-state index in [0.717, 1.165) is 0 Å². The lowest BCUT2D eigenvalue weighted by atomic mass is 10.2. The lowest BCUT2D eigenvalue weighted by Gasteiger charge is -2.12. The number of benzene rings is 2. The monoisotopic (exact) mass is 539 g/mol. The Labute approximate surface area is 221 Å². The molecule has 0 unspecified atom stereocenters. The smallest absolute Gasteiger partial charge is 0.311 e. The van der Waals surface area contributed by atoms with Gasteiger partial charge in [0, 0.05) is 5.38 Å². The average molecular weight is 540 g/mol. The number of esters is 1. The Bertz CT molecular complexity index is 1470. The highest BCUT2D eigenvalue weighted by Crippen LogP contribution is 2.34. The number of ether oxygens (including phenoxy) is 3. The number of rotatable bonds is 10. The number of nitrogens with zero attached hydrogens (tertiary/aromatic N) is 4. The second-order valence-corrected chi connectivity index (χ2v) is 8.62. The van der Waals surface area contributed by atoms with Gasteiger partial charge in [0.1, 0.15) is 0 Å². The number of methoxy groups -OCH3 is 1. The molecule has 0 aliphatic rings. The van der Waals surface area contributed by atoms with E-state index in [-0.39, 0.29) is 23.2 Å². The van der Waals surface area contributed by atoms with Gasteiger partial charge in [-0.05, 0) is 42.8 Å². The maximum Gasteiger partial charge on any atom is 0.311 e. The lowest BCUT2D eigenvalue weighted by molar-refractivity contribution is -0.142. The quantitative estimate of drug-likeness (QED) is 0.175. The van der Waals surface area contributed by atoms with Crippen molar-refractivity contribution in [3.63, 3.8) is 0 Å². The van der Waals surface area contributed by atoms with Crippen LogP contribution in [0.1, 0.15) is 18.2 Å². The molecule has 0 bridgehead atoms. The number of hydrazone groups is 1. The van der Waals surface area contributed by atoms with Gasteiger partial charge in [-0.25, -0.2) is 4.98 Å². The second-order valence-electron chi connectivity index (χ2n) is 7.38. The second kappa shape index (κ2) is 12.2. The summed E-state index contributed by atoms with van der Waals surface area (Å²) in [5.74, 6) is 0.518. The van der Waals surface area contributed by atoms with Crippen LogP contribution in [0, 0.1) is 0 Å². The molecule has 0 amide bonds. The molecule has 0 radical (unpaired) electrons. The van der Waals surface area contributed by atoms with E-state index >= 15 is 0 Å². The Morgan fingerprint density at radius 2 is 2.00 bits per heavy atom. The van der Waals surface area contributed by atoms with Gasteiger partial charge in [0.25, 0.3) is 5.56 Å². The van der Waals surface area contributed by atoms with Crippen molar-refractivity contribution in [2.75, 3.05) is 19.1 Å². The largest absolute Gasteiger partial charge is 0.493 e. The van der Waals surface area contributed by atoms with E-state index in [1.54, 1.807) is 61.0 Å². The molecule has 0 saturated heterocycles. The van der Waals surface area contributed by atoms with Crippen molar-refractivity contribution < 1.29 is 19.0 Å². The maximum absolute atomic E-state index is 12.7. The molecule has 10 nitrogen and oxygen atoms in total. The van der Waals surface area contributed by atoms with Crippen LogP contribution in [0.4, 0.5) is 5.13 Å². The first-order valence-corrected chi connectivity index (χ1v) is 12.3. The molecule has 1 N–H and O–H groups in total. The van der Waals surface area contributed by atoms with Crippen molar-refractivity contribution in [3.05, 3.63) is 86.7 Å². The summed E-state index contributed by atoms with van der Waals surface area (Å²) in [6.07, 6.45) is 3.06. The number of carbonyl (C=O) groups excluding carboxylic acids is 1. The molecule has 2 aromatic carbocycles. The van der Waals surface area contributed by atoms with E-state index in [1.165, 1.54) is 29.3 Å². The molecule has 2 heterocycles. The average Bonchev–Trinajstić information content (AvgIpc) is 3.35. The number of carbonyl (C=O) groups is 1. The molecule has 0 atom stereocenters. The Hall–Kier alpha value is -4.22. The number of para-hydroxylation sites is 1. The predicted molar refractivity (Wildman–Crippen MR) is 142 cm³/mol. The Morgan fingerprint density at radius 3 is 2.76 bits per heavy atom. The lowest BCUT2D eigenvalue weighted by Crippen LogP contribution is -2.21. The zero-order valence-electron chi connectivity index (χ0n) is 19.9. The zero-order valence-corrected chi connectivity index (χ0v) is 21.5. The van der Waals surface area contributed by atoms with Gasteiger partial charge in [0.05, 0.1) is 43.9 Å². The van der Waals surface area contributed by atoms with Gasteiger partial charge in [-0.1, -0.05) is 29.8 Å². The van der Waals surface area contributed by atoms with Crippen LogP contribution in [0.15, 0.2) is 70.0 Å². The highest BCUT2D eigenvalue weighted by molar-refractivity contribution is 7.13. The Kier molecular flexibility index (Phi) is 8.49. The number of halogens is 1. The molecule has 0 spiro atoms. The fourth-order valence-corrected chi connectivity index (χ4v) is 4.00. The fraction of sp³-hybridized carbons (Fsp3) is 0.160. The van der Waals surface area contributed by atoms with Crippen molar-refractivity contribution in [1.29, 1.82) is 0 Å². The van der Waals surface area contributed by atoms with Crippen LogP contribution in [0.3, 0.4) is 0 Å². The first-order valence-electron chi connectivity index (χ1n) is 11.1. The summed E-state index contributed by atoms with van der Waals surface area (Å²) in [7, 11) is 1.50. The number of anilines is 1. The molecule has 4 rings (SSSR count). The molecule has 0 saturated carbocycles. The van der Waals surface area contributed by atoms with Crippen LogP contribution in [0.5, 0.6) is 17.2 Å². The molecule has 0 aliphatic heterocycles. The number of aromatic nitrogens is 3. The van der Waals surface area contributed by atoms with Crippen molar-refractivity contribution in [1.82, 2.24) is 14.8 Å². The van der Waals surface area contributed by atoms with E-state index in [1.807, 2.05) is 6.07 Å². The first kappa shape index (κ1) is 25.9. The number of nitrogens with one attached hydrogen (secondary N) is 1. The minimum Gasteiger partial charge on any atom is -0.493 e. The van der Waals surface area contributed by atoms with Gasteiger partial charge in [-0.3, -0.25) is 15.0 Å². The summed E-state index contributed by atoms with van der Waals surface area (Å²) < 4.78 is 17.4. The van der Waals surface area contributed by atoms with Crippen molar-refractivity contribution in [3.8, 4) is 22.9 Å².